The van der Waals surface area contributed by atoms with Crippen LogP contribution in [0.5, 0.6) is 0 Å². The molecule has 0 unspecified atom stereocenters. The highest BCUT2D eigenvalue weighted by Crippen LogP contribution is 2.30. The van der Waals surface area contributed by atoms with Crippen LogP contribution in [0.3, 0.4) is 0 Å². The first-order chi connectivity index (χ1) is 9.16. The van der Waals surface area contributed by atoms with Gasteiger partial charge in [0.2, 0.25) is 0 Å². The summed E-state index contributed by atoms with van der Waals surface area (Å²) in [4.78, 5) is 14.5. The number of hydrogen-bond acceptors (Lipinski definition) is 1. The van der Waals surface area contributed by atoms with Gasteiger partial charge in [-0.1, -0.05) is 24.3 Å². The Hall–Kier alpha value is -1.61. The maximum Gasteiger partial charge on any atom is 0.259 e. The van der Waals surface area contributed by atoms with E-state index in [2.05, 4.69) is 22.0 Å². The maximum absolute atomic E-state index is 12.6. The van der Waals surface area contributed by atoms with Gasteiger partial charge < -0.3 is 4.90 Å². The predicted molar refractivity (Wildman–Crippen MR) is 80.7 cm³/mol. The minimum absolute atomic E-state index is 0.0665. The molecule has 1 amide bonds. The summed E-state index contributed by atoms with van der Waals surface area (Å²) in [5, 5.41) is 0. The van der Waals surface area contributed by atoms with E-state index < -0.39 is 0 Å². The maximum atomic E-state index is 12.6. The predicted octanol–water partition coefficient (Wildman–Crippen LogP) is 3.96. The molecule has 0 fully saturated rings. The van der Waals surface area contributed by atoms with E-state index in [0.29, 0.717) is 0 Å². The van der Waals surface area contributed by atoms with Gasteiger partial charge in [0.25, 0.3) is 5.91 Å². The highest BCUT2D eigenvalue weighted by molar-refractivity contribution is 9.10. The van der Waals surface area contributed by atoms with Crippen LogP contribution in [0.2, 0.25) is 0 Å². The molecule has 3 heteroatoms. The van der Waals surface area contributed by atoms with Crippen LogP contribution in [0.25, 0.3) is 0 Å². The lowest BCUT2D eigenvalue weighted by atomic mass is 10.1. The standard InChI is InChI=1S/C16H14BrNO/c1-11-6-7-13(14(17)10-11)16(19)18-9-8-12-4-2-3-5-15(12)18/h2-7,10H,8-9H2,1H3. The lowest BCUT2D eigenvalue weighted by molar-refractivity contribution is 0.0988. The van der Waals surface area contributed by atoms with E-state index in [1.807, 2.05) is 48.2 Å². The number of rotatable bonds is 1. The minimum Gasteiger partial charge on any atom is -0.308 e. The van der Waals surface area contributed by atoms with Crippen LogP contribution < -0.4 is 4.90 Å². The third kappa shape index (κ3) is 2.19. The number of carbonyl (C=O) groups excluding carboxylic acids is 1. The van der Waals surface area contributed by atoms with E-state index in [1.54, 1.807) is 0 Å². The Labute approximate surface area is 121 Å². The summed E-state index contributed by atoms with van der Waals surface area (Å²) in [6, 6.07) is 14.0. The van der Waals surface area contributed by atoms with Gasteiger partial charge in [0.05, 0.1) is 5.56 Å². The summed E-state index contributed by atoms with van der Waals surface area (Å²) >= 11 is 3.49. The SMILES string of the molecule is Cc1ccc(C(=O)N2CCc3ccccc32)c(Br)c1. The van der Waals surface area contributed by atoms with Crippen LogP contribution in [-0.4, -0.2) is 12.5 Å². The molecule has 1 heterocycles. The van der Waals surface area contributed by atoms with Crippen molar-refractivity contribution in [2.24, 2.45) is 0 Å². The summed E-state index contributed by atoms with van der Waals surface area (Å²) in [5.74, 6) is 0.0665. The van der Waals surface area contributed by atoms with Gasteiger partial charge in [-0.2, -0.15) is 0 Å². The molecule has 2 aromatic rings. The topological polar surface area (TPSA) is 20.3 Å². The smallest absolute Gasteiger partial charge is 0.259 e. The lowest BCUT2D eigenvalue weighted by Gasteiger charge is -2.18. The highest BCUT2D eigenvalue weighted by atomic mass is 79.9. The van der Waals surface area contributed by atoms with Crippen molar-refractivity contribution in [1.82, 2.24) is 0 Å². The lowest BCUT2D eigenvalue weighted by Crippen LogP contribution is -2.29. The van der Waals surface area contributed by atoms with Crippen molar-refractivity contribution in [3.8, 4) is 0 Å². The van der Waals surface area contributed by atoms with Gasteiger partial charge in [-0.15, -0.1) is 0 Å². The van der Waals surface area contributed by atoms with E-state index in [1.165, 1.54) is 5.56 Å². The molecule has 1 aliphatic rings. The van der Waals surface area contributed by atoms with Gasteiger partial charge in [0.1, 0.15) is 0 Å². The molecule has 0 atom stereocenters. The molecule has 96 valence electrons. The zero-order valence-corrected chi connectivity index (χ0v) is 12.3. The molecular formula is C16H14BrNO. The Bertz CT molecular complexity index is 651. The van der Waals surface area contributed by atoms with Crippen molar-refractivity contribution in [2.75, 3.05) is 11.4 Å². The Morgan fingerprint density at radius 2 is 2.00 bits per heavy atom. The molecule has 0 saturated heterocycles. The van der Waals surface area contributed by atoms with Crippen LogP contribution in [0.15, 0.2) is 46.9 Å². The van der Waals surface area contributed by atoms with Crippen molar-refractivity contribution >= 4 is 27.5 Å². The second-order valence-electron chi connectivity index (χ2n) is 4.82. The monoisotopic (exact) mass is 315 g/mol. The van der Waals surface area contributed by atoms with Crippen molar-refractivity contribution in [2.45, 2.75) is 13.3 Å². The number of hydrogen-bond donors (Lipinski definition) is 0. The zero-order chi connectivity index (χ0) is 13.4. The molecule has 0 bridgehead atoms. The normalized spacial score (nSPS) is 13.5. The van der Waals surface area contributed by atoms with Crippen molar-refractivity contribution < 1.29 is 4.79 Å². The zero-order valence-electron chi connectivity index (χ0n) is 10.7. The number of anilines is 1. The van der Waals surface area contributed by atoms with Crippen molar-refractivity contribution in [1.29, 1.82) is 0 Å². The fourth-order valence-corrected chi connectivity index (χ4v) is 3.15. The average molecular weight is 316 g/mol. The Kier molecular flexibility index (Phi) is 3.15. The minimum atomic E-state index is 0.0665. The molecule has 1 aliphatic heterocycles. The van der Waals surface area contributed by atoms with Crippen LogP contribution in [0.1, 0.15) is 21.5 Å². The number of carbonyl (C=O) groups is 1. The van der Waals surface area contributed by atoms with Gasteiger partial charge in [0.15, 0.2) is 0 Å². The molecular weight excluding hydrogens is 302 g/mol. The van der Waals surface area contributed by atoms with E-state index >= 15 is 0 Å². The number of fused-ring (bicyclic) bond motifs is 1. The third-order valence-electron chi connectivity index (χ3n) is 3.49. The molecule has 0 N–H and O–H groups in total. The quantitative estimate of drug-likeness (QED) is 0.780. The second-order valence-corrected chi connectivity index (χ2v) is 5.67. The Morgan fingerprint density at radius 1 is 1.21 bits per heavy atom. The molecule has 2 aromatic carbocycles. The average Bonchev–Trinajstić information content (AvgIpc) is 2.82. The van der Waals surface area contributed by atoms with E-state index in [0.717, 1.165) is 34.3 Å². The van der Waals surface area contributed by atoms with Crippen LogP contribution in [0, 0.1) is 6.92 Å². The molecule has 0 aromatic heterocycles. The number of amides is 1. The van der Waals surface area contributed by atoms with E-state index in [-0.39, 0.29) is 5.91 Å². The summed E-state index contributed by atoms with van der Waals surface area (Å²) in [6.07, 6.45) is 0.936. The summed E-state index contributed by atoms with van der Waals surface area (Å²) in [6.45, 7) is 2.78. The molecule has 0 radical (unpaired) electrons. The van der Waals surface area contributed by atoms with Crippen LogP contribution in [0.4, 0.5) is 5.69 Å². The van der Waals surface area contributed by atoms with E-state index in [4.69, 9.17) is 0 Å². The summed E-state index contributed by atoms with van der Waals surface area (Å²) in [7, 11) is 0. The second kappa shape index (κ2) is 4.82. The highest BCUT2D eigenvalue weighted by Gasteiger charge is 2.26. The number of aryl methyl sites for hydroxylation is 1. The van der Waals surface area contributed by atoms with E-state index in [9.17, 15) is 4.79 Å². The fraction of sp³-hybridized carbons (Fsp3) is 0.188. The molecule has 3 rings (SSSR count). The van der Waals surface area contributed by atoms with Crippen molar-refractivity contribution in [3.63, 3.8) is 0 Å². The Balaban J connectivity index is 1.98. The molecule has 2 nitrogen and oxygen atoms in total. The number of halogens is 1. The molecule has 0 saturated carbocycles. The number of benzene rings is 2. The first-order valence-corrected chi connectivity index (χ1v) is 7.12. The number of nitrogens with zero attached hydrogens (tertiary/aromatic N) is 1. The third-order valence-corrected chi connectivity index (χ3v) is 4.14. The number of para-hydroxylation sites is 1. The molecule has 19 heavy (non-hydrogen) atoms. The van der Waals surface area contributed by atoms with Gasteiger partial charge in [-0.05, 0) is 58.6 Å². The van der Waals surface area contributed by atoms with Gasteiger partial charge >= 0.3 is 0 Å². The fourth-order valence-electron chi connectivity index (χ4n) is 2.49. The first-order valence-electron chi connectivity index (χ1n) is 6.33. The molecule has 0 spiro atoms. The largest absolute Gasteiger partial charge is 0.308 e. The summed E-state index contributed by atoms with van der Waals surface area (Å²) in [5.41, 5.74) is 4.16. The summed E-state index contributed by atoms with van der Waals surface area (Å²) < 4.78 is 0.863. The van der Waals surface area contributed by atoms with Crippen LogP contribution in [-0.2, 0) is 6.42 Å². The van der Waals surface area contributed by atoms with Gasteiger partial charge in [-0.3, -0.25) is 4.79 Å². The van der Waals surface area contributed by atoms with Crippen molar-refractivity contribution in [3.05, 3.63) is 63.6 Å². The van der Waals surface area contributed by atoms with Gasteiger partial charge in [-0.25, -0.2) is 0 Å². The van der Waals surface area contributed by atoms with Gasteiger partial charge in [0, 0.05) is 16.7 Å². The Morgan fingerprint density at radius 3 is 2.79 bits per heavy atom. The molecule has 0 aliphatic carbocycles. The van der Waals surface area contributed by atoms with Crippen LogP contribution >= 0.6 is 15.9 Å². The first kappa shape index (κ1) is 12.4.